The first-order chi connectivity index (χ1) is 7.93. The molecule has 1 atom stereocenters. The largest absolute Gasteiger partial charge is 1.00 e. The van der Waals surface area contributed by atoms with Gasteiger partial charge < -0.3 is 9.66 Å². The maximum absolute atomic E-state index is 12.4. The Morgan fingerprint density at radius 3 is 2.26 bits per heavy atom. The van der Waals surface area contributed by atoms with Gasteiger partial charge in [-0.2, -0.15) is 13.2 Å². The van der Waals surface area contributed by atoms with E-state index in [-0.39, 0.29) is 35.1 Å². The number of halogens is 3. The molecule has 0 saturated carbocycles. The molecule has 102 valence electrons. The fraction of sp³-hybridized carbons (Fsp3) is 0.400. The van der Waals surface area contributed by atoms with Gasteiger partial charge in [0.25, 0.3) is 0 Å². The minimum atomic E-state index is -5.02. The van der Waals surface area contributed by atoms with E-state index in [1.54, 1.807) is 0 Å². The number of aliphatic hydroxyl groups is 1. The van der Waals surface area contributed by atoms with Crippen molar-refractivity contribution in [2.24, 2.45) is 0 Å². The second-order valence-electron chi connectivity index (χ2n) is 4.00. The summed E-state index contributed by atoms with van der Waals surface area (Å²) in [5.74, 6) is 0. The first-order valence-electron chi connectivity index (χ1n) is 4.77. The minimum absolute atomic E-state index is 0. The van der Waals surface area contributed by atoms with Crippen molar-refractivity contribution < 1.29 is 60.8 Å². The van der Waals surface area contributed by atoms with Crippen LogP contribution in [0.1, 0.15) is 18.1 Å². The normalized spacial score (nSPS) is 15.5. The second kappa shape index (κ2) is 6.11. The Kier molecular flexibility index (Phi) is 6.07. The summed E-state index contributed by atoms with van der Waals surface area (Å²) in [5.41, 5.74) is -1.06. The average molecular weight is 306 g/mol. The molecule has 0 aliphatic heterocycles. The van der Waals surface area contributed by atoms with Gasteiger partial charge in [0, 0.05) is 6.42 Å². The molecule has 0 amide bonds. The first kappa shape index (κ1) is 18.9. The molecule has 0 aromatic heterocycles. The first-order valence-corrected chi connectivity index (χ1v) is 6.18. The van der Waals surface area contributed by atoms with Crippen LogP contribution in [0.15, 0.2) is 24.3 Å². The predicted molar refractivity (Wildman–Crippen MR) is 55.5 cm³/mol. The van der Waals surface area contributed by atoms with Crippen LogP contribution in [-0.2, 0) is 22.7 Å². The summed E-state index contributed by atoms with van der Waals surface area (Å²) in [7, 11) is -5.02. The van der Waals surface area contributed by atoms with Crippen LogP contribution in [0.5, 0.6) is 0 Å². The zero-order valence-corrected chi connectivity index (χ0v) is 13.0. The Bertz CT molecular complexity index is 540. The van der Waals surface area contributed by atoms with E-state index in [9.17, 15) is 31.2 Å². The van der Waals surface area contributed by atoms with E-state index in [1.165, 1.54) is 6.07 Å². The standard InChI is InChI=1S/C10H11F3O4S.Na/c1-9(14,18(15,16)17)6-7-3-2-4-8(5-7)10(11,12)13;/h2-5,14H,6H2,1H3,(H,15,16,17);/q;+1/p-1. The molecule has 0 fully saturated rings. The minimum Gasteiger partial charge on any atom is -0.746 e. The van der Waals surface area contributed by atoms with Crippen LogP contribution in [0.2, 0.25) is 0 Å². The smallest absolute Gasteiger partial charge is 0.746 e. The van der Waals surface area contributed by atoms with Gasteiger partial charge in [0.1, 0.15) is 10.1 Å². The monoisotopic (exact) mass is 306 g/mol. The molecular weight excluding hydrogens is 296 g/mol. The summed E-state index contributed by atoms with van der Waals surface area (Å²) in [6.07, 6.45) is -5.28. The number of benzene rings is 1. The molecule has 1 rings (SSSR count). The van der Waals surface area contributed by atoms with Crippen molar-refractivity contribution >= 4 is 10.1 Å². The Labute approximate surface area is 130 Å². The molecule has 1 aromatic carbocycles. The third-order valence-electron chi connectivity index (χ3n) is 2.33. The third kappa shape index (κ3) is 5.05. The van der Waals surface area contributed by atoms with E-state index < -0.39 is 33.2 Å². The molecule has 0 aliphatic carbocycles. The number of alkyl halides is 3. The number of hydrogen-bond acceptors (Lipinski definition) is 4. The van der Waals surface area contributed by atoms with Crippen LogP contribution < -0.4 is 29.6 Å². The third-order valence-corrected chi connectivity index (χ3v) is 3.55. The van der Waals surface area contributed by atoms with Crippen molar-refractivity contribution in [1.82, 2.24) is 0 Å². The van der Waals surface area contributed by atoms with Gasteiger partial charge in [0.05, 0.1) is 5.56 Å². The average Bonchev–Trinajstić information content (AvgIpc) is 2.14. The van der Waals surface area contributed by atoms with Crippen LogP contribution in [-0.4, -0.2) is 23.0 Å². The zero-order valence-electron chi connectivity index (χ0n) is 10.2. The molecule has 1 aromatic rings. The van der Waals surface area contributed by atoms with Gasteiger partial charge in [0.2, 0.25) is 0 Å². The summed E-state index contributed by atoms with van der Waals surface area (Å²) in [5, 5.41) is 9.42. The van der Waals surface area contributed by atoms with Crippen LogP contribution in [0.4, 0.5) is 13.2 Å². The summed E-state index contributed by atoms with van der Waals surface area (Å²) in [6.45, 7) is 0.746. The van der Waals surface area contributed by atoms with E-state index in [1.807, 2.05) is 0 Å². The second-order valence-corrected chi connectivity index (χ2v) is 5.79. The molecule has 1 unspecified atom stereocenters. The van der Waals surface area contributed by atoms with Crippen molar-refractivity contribution in [1.29, 1.82) is 0 Å². The van der Waals surface area contributed by atoms with Crippen LogP contribution in [0.3, 0.4) is 0 Å². The van der Waals surface area contributed by atoms with Crippen molar-refractivity contribution in [2.75, 3.05) is 0 Å². The number of hydrogen-bond donors (Lipinski definition) is 1. The summed E-state index contributed by atoms with van der Waals surface area (Å²) in [4.78, 5) is -2.64. The van der Waals surface area contributed by atoms with Crippen LogP contribution in [0.25, 0.3) is 0 Å². The molecular formula is C10H10F3NaO4S. The Morgan fingerprint density at radius 1 is 1.32 bits per heavy atom. The van der Waals surface area contributed by atoms with E-state index in [0.29, 0.717) is 6.07 Å². The molecule has 0 spiro atoms. The van der Waals surface area contributed by atoms with Crippen LogP contribution >= 0.6 is 0 Å². The molecule has 0 radical (unpaired) electrons. The van der Waals surface area contributed by atoms with Gasteiger partial charge >= 0.3 is 35.7 Å². The molecule has 0 aliphatic rings. The van der Waals surface area contributed by atoms with Gasteiger partial charge in [-0.1, -0.05) is 18.2 Å². The molecule has 19 heavy (non-hydrogen) atoms. The molecule has 1 N–H and O–H groups in total. The molecule has 0 saturated heterocycles. The topological polar surface area (TPSA) is 77.4 Å². The van der Waals surface area contributed by atoms with Gasteiger partial charge in [0.15, 0.2) is 4.93 Å². The van der Waals surface area contributed by atoms with Crippen molar-refractivity contribution in [2.45, 2.75) is 24.5 Å². The van der Waals surface area contributed by atoms with E-state index in [2.05, 4.69) is 0 Å². The van der Waals surface area contributed by atoms with Crippen molar-refractivity contribution in [3.63, 3.8) is 0 Å². The van der Waals surface area contributed by atoms with Gasteiger partial charge in [-0.15, -0.1) is 0 Å². The maximum Gasteiger partial charge on any atom is 1.00 e. The van der Waals surface area contributed by atoms with E-state index in [4.69, 9.17) is 0 Å². The summed E-state index contributed by atoms with van der Waals surface area (Å²) >= 11 is 0. The van der Waals surface area contributed by atoms with Crippen LogP contribution in [0, 0.1) is 0 Å². The fourth-order valence-electron chi connectivity index (χ4n) is 1.32. The van der Waals surface area contributed by atoms with Gasteiger partial charge in [-0.05, 0) is 18.6 Å². The van der Waals surface area contributed by atoms with Gasteiger partial charge in [-0.25, -0.2) is 8.42 Å². The Morgan fingerprint density at radius 2 is 1.84 bits per heavy atom. The van der Waals surface area contributed by atoms with Gasteiger partial charge in [-0.3, -0.25) is 0 Å². The molecule has 4 nitrogen and oxygen atoms in total. The quantitative estimate of drug-likeness (QED) is 0.545. The van der Waals surface area contributed by atoms with Crippen molar-refractivity contribution in [3.8, 4) is 0 Å². The SMILES string of the molecule is CC(O)(Cc1cccc(C(F)(F)F)c1)S(=O)(=O)[O-].[Na+]. The predicted octanol–water partition coefficient (Wildman–Crippen LogP) is -1.49. The van der Waals surface area contributed by atoms with E-state index in [0.717, 1.165) is 19.1 Å². The fourth-order valence-corrected chi connectivity index (χ4v) is 1.67. The van der Waals surface area contributed by atoms with Crippen molar-refractivity contribution in [3.05, 3.63) is 35.4 Å². The Hall–Kier alpha value is -0.120. The summed E-state index contributed by atoms with van der Waals surface area (Å²) < 4.78 is 69.3. The maximum atomic E-state index is 12.4. The molecule has 0 bridgehead atoms. The van der Waals surface area contributed by atoms with E-state index >= 15 is 0 Å². The summed E-state index contributed by atoms with van der Waals surface area (Å²) in [6, 6.07) is 3.78. The number of rotatable bonds is 3. The zero-order chi connectivity index (χ0) is 14.2. The Balaban J connectivity index is 0.00000324. The molecule has 0 heterocycles. The molecule has 9 heteroatoms.